The standard InChI is InChI=1S/C19H22FN3O3/c1-2-5-17(20)23(19(25)26)12-13-8-10-14(11-9-13)18(24)22-16-7-4-3-6-15(16)21/h3-4,6-11,17H,2,5,12,21H2,1H3,(H,22,24)(H,25,26). The minimum absolute atomic E-state index is 0.0793. The van der Waals surface area contributed by atoms with Gasteiger partial charge in [-0.2, -0.15) is 0 Å². The van der Waals surface area contributed by atoms with Gasteiger partial charge in [-0.15, -0.1) is 0 Å². The van der Waals surface area contributed by atoms with Crippen LogP contribution in [0.1, 0.15) is 35.7 Å². The van der Waals surface area contributed by atoms with E-state index >= 15 is 0 Å². The number of anilines is 2. The van der Waals surface area contributed by atoms with Crippen LogP contribution in [-0.2, 0) is 6.54 Å². The minimum Gasteiger partial charge on any atom is -0.465 e. The number of amides is 2. The zero-order valence-corrected chi connectivity index (χ0v) is 14.5. The lowest BCUT2D eigenvalue weighted by Gasteiger charge is -2.23. The van der Waals surface area contributed by atoms with Crippen LogP contribution in [0.5, 0.6) is 0 Å². The first-order valence-corrected chi connectivity index (χ1v) is 8.30. The number of carbonyl (C=O) groups excluding carboxylic acids is 1. The third kappa shape index (κ3) is 4.95. The van der Waals surface area contributed by atoms with E-state index in [0.29, 0.717) is 28.9 Å². The van der Waals surface area contributed by atoms with E-state index < -0.39 is 12.4 Å². The van der Waals surface area contributed by atoms with Gasteiger partial charge in [0, 0.05) is 5.56 Å². The first-order chi connectivity index (χ1) is 12.4. The highest BCUT2D eigenvalue weighted by molar-refractivity contribution is 6.05. The third-order valence-corrected chi connectivity index (χ3v) is 3.89. The molecule has 0 bridgehead atoms. The molecule has 1 atom stereocenters. The number of hydrogen-bond acceptors (Lipinski definition) is 3. The van der Waals surface area contributed by atoms with Crippen LogP contribution in [0, 0.1) is 0 Å². The van der Waals surface area contributed by atoms with Gasteiger partial charge in [0.2, 0.25) is 0 Å². The SMILES string of the molecule is CCCC(F)N(Cc1ccc(C(=O)Nc2ccccc2N)cc1)C(=O)O. The van der Waals surface area contributed by atoms with Gasteiger partial charge in [0.15, 0.2) is 6.30 Å². The molecular weight excluding hydrogens is 337 g/mol. The molecule has 1 unspecified atom stereocenters. The van der Waals surface area contributed by atoms with Crippen LogP contribution in [0.3, 0.4) is 0 Å². The van der Waals surface area contributed by atoms with Crippen LogP contribution < -0.4 is 11.1 Å². The summed E-state index contributed by atoms with van der Waals surface area (Å²) in [4.78, 5) is 24.3. The third-order valence-electron chi connectivity index (χ3n) is 3.89. The van der Waals surface area contributed by atoms with E-state index in [2.05, 4.69) is 5.32 Å². The number of nitrogens with one attached hydrogen (secondary N) is 1. The maximum Gasteiger partial charge on any atom is 0.409 e. The molecular formula is C19H22FN3O3. The van der Waals surface area contributed by atoms with Crippen LogP contribution in [0.2, 0.25) is 0 Å². The van der Waals surface area contributed by atoms with Crippen molar-refractivity contribution >= 4 is 23.4 Å². The largest absolute Gasteiger partial charge is 0.465 e. The molecule has 0 heterocycles. The molecule has 0 aliphatic carbocycles. The number of halogens is 1. The summed E-state index contributed by atoms with van der Waals surface area (Å²) < 4.78 is 14.0. The van der Waals surface area contributed by atoms with Gasteiger partial charge in [0.25, 0.3) is 5.91 Å². The lowest BCUT2D eigenvalue weighted by molar-refractivity contribution is 0.0615. The zero-order valence-electron chi connectivity index (χ0n) is 14.5. The quantitative estimate of drug-likeness (QED) is 0.512. The number of para-hydroxylation sites is 2. The topological polar surface area (TPSA) is 95.7 Å². The Kier molecular flexibility index (Phi) is 6.54. The lowest BCUT2D eigenvalue weighted by Crippen LogP contribution is -2.36. The molecule has 2 aromatic carbocycles. The highest BCUT2D eigenvalue weighted by Gasteiger charge is 2.22. The van der Waals surface area contributed by atoms with Crippen LogP contribution in [0.4, 0.5) is 20.6 Å². The molecule has 0 radical (unpaired) electrons. The summed E-state index contributed by atoms with van der Waals surface area (Å²) in [7, 11) is 0. The summed E-state index contributed by atoms with van der Waals surface area (Å²) in [5.74, 6) is -0.334. The zero-order chi connectivity index (χ0) is 19.1. The molecule has 2 aromatic rings. The van der Waals surface area contributed by atoms with E-state index in [1.165, 1.54) is 0 Å². The number of carbonyl (C=O) groups is 2. The second kappa shape index (κ2) is 8.84. The monoisotopic (exact) mass is 359 g/mol. The Morgan fingerprint density at radius 3 is 2.42 bits per heavy atom. The second-order valence-corrected chi connectivity index (χ2v) is 5.87. The van der Waals surface area contributed by atoms with Gasteiger partial charge in [0.05, 0.1) is 17.9 Å². The summed E-state index contributed by atoms with van der Waals surface area (Å²) in [6.45, 7) is 1.71. The second-order valence-electron chi connectivity index (χ2n) is 5.87. The normalized spacial score (nSPS) is 11.6. The smallest absolute Gasteiger partial charge is 0.409 e. The number of carboxylic acid groups (broad SMARTS) is 1. The number of hydrogen-bond donors (Lipinski definition) is 3. The first kappa shape index (κ1) is 19.2. The van der Waals surface area contributed by atoms with Gasteiger partial charge in [-0.1, -0.05) is 37.6 Å². The molecule has 0 aromatic heterocycles. The first-order valence-electron chi connectivity index (χ1n) is 8.30. The van der Waals surface area contributed by atoms with E-state index in [9.17, 15) is 19.1 Å². The van der Waals surface area contributed by atoms with Gasteiger partial charge < -0.3 is 16.2 Å². The number of alkyl halides is 1. The van der Waals surface area contributed by atoms with E-state index in [0.717, 1.165) is 4.90 Å². The Morgan fingerprint density at radius 2 is 1.85 bits per heavy atom. The Hall–Kier alpha value is -3.09. The summed E-state index contributed by atoms with van der Waals surface area (Å²) in [5, 5.41) is 11.9. The number of nitrogen functional groups attached to an aromatic ring is 1. The van der Waals surface area contributed by atoms with Crippen molar-refractivity contribution in [2.75, 3.05) is 11.1 Å². The molecule has 7 heteroatoms. The van der Waals surface area contributed by atoms with E-state index in [1.807, 2.05) is 0 Å². The van der Waals surface area contributed by atoms with Crippen molar-refractivity contribution in [3.05, 3.63) is 59.7 Å². The fraction of sp³-hybridized carbons (Fsp3) is 0.263. The Labute approximate surface area is 151 Å². The van der Waals surface area contributed by atoms with Gasteiger partial charge in [-0.05, 0) is 36.2 Å². The molecule has 4 N–H and O–H groups in total. The molecule has 0 saturated carbocycles. The molecule has 2 rings (SSSR count). The molecule has 2 amide bonds. The fourth-order valence-electron chi connectivity index (χ4n) is 2.44. The molecule has 26 heavy (non-hydrogen) atoms. The molecule has 0 fully saturated rings. The van der Waals surface area contributed by atoms with Gasteiger partial charge in [-0.3, -0.25) is 9.69 Å². The maximum absolute atomic E-state index is 14.0. The molecule has 0 saturated heterocycles. The summed E-state index contributed by atoms with van der Waals surface area (Å²) in [5.41, 5.74) is 7.76. The van der Waals surface area contributed by atoms with Gasteiger partial charge in [-0.25, -0.2) is 9.18 Å². The van der Waals surface area contributed by atoms with E-state index in [4.69, 9.17) is 5.73 Å². The van der Waals surface area contributed by atoms with Crippen molar-refractivity contribution in [1.82, 2.24) is 4.90 Å². The lowest BCUT2D eigenvalue weighted by atomic mass is 10.1. The van der Waals surface area contributed by atoms with Gasteiger partial charge in [0.1, 0.15) is 0 Å². The fourth-order valence-corrected chi connectivity index (χ4v) is 2.44. The predicted molar refractivity (Wildman–Crippen MR) is 98.6 cm³/mol. The molecule has 6 nitrogen and oxygen atoms in total. The van der Waals surface area contributed by atoms with Crippen molar-refractivity contribution in [3.8, 4) is 0 Å². The van der Waals surface area contributed by atoms with Crippen LogP contribution in [-0.4, -0.2) is 28.3 Å². The Bertz CT molecular complexity index is 765. The minimum atomic E-state index is -1.55. The molecule has 0 spiro atoms. The Balaban J connectivity index is 2.06. The van der Waals surface area contributed by atoms with Crippen molar-refractivity contribution in [2.24, 2.45) is 0 Å². The maximum atomic E-state index is 14.0. The highest BCUT2D eigenvalue weighted by atomic mass is 19.1. The molecule has 138 valence electrons. The molecule has 0 aliphatic rings. The van der Waals surface area contributed by atoms with Crippen molar-refractivity contribution < 1.29 is 19.1 Å². The average Bonchev–Trinajstić information content (AvgIpc) is 2.62. The van der Waals surface area contributed by atoms with Crippen molar-refractivity contribution in [2.45, 2.75) is 32.6 Å². The number of benzene rings is 2. The van der Waals surface area contributed by atoms with Crippen molar-refractivity contribution in [3.63, 3.8) is 0 Å². The van der Waals surface area contributed by atoms with Crippen LogP contribution >= 0.6 is 0 Å². The summed E-state index contributed by atoms with van der Waals surface area (Å²) >= 11 is 0. The van der Waals surface area contributed by atoms with E-state index in [-0.39, 0.29) is 18.9 Å². The van der Waals surface area contributed by atoms with Crippen molar-refractivity contribution in [1.29, 1.82) is 0 Å². The average molecular weight is 359 g/mol. The van der Waals surface area contributed by atoms with Crippen LogP contribution in [0.15, 0.2) is 48.5 Å². The van der Waals surface area contributed by atoms with Crippen LogP contribution in [0.25, 0.3) is 0 Å². The number of nitrogens with two attached hydrogens (primary N) is 1. The summed E-state index contributed by atoms with van der Waals surface area (Å²) in [6, 6.07) is 13.3. The highest BCUT2D eigenvalue weighted by Crippen LogP contribution is 2.19. The molecule has 0 aliphatic heterocycles. The van der Waals surface area contributed by atoms with Gasteiger partial charge >= 0.3 is 6.09 Å². The number of rotatable bonds is 7. The Morgan fingerprint density at radius 1 is 1.19 bits per heavy atom. The summed E-state index contributed by atoms with van der Waals surface area (Å²) in [6.07, 6.45) is -2.17. The van der Waals surface area contributed by atoms with E-state index in [1.54, 1.807) is 55.5 Å². The number of nitrogens with zero attached hydrogens (tertiary/aromatic N) is 1. The predicted octanol–water partition coefficient (Wildman–Crippen LogP) is 4.10.